The van der Waals surface area contributed by atoms with Crippen LogP contribution in [-0.4, -0.2) is 40.4 Å². The van der Waals surface area contributed by atoms with E-state index in [4.69, 9.17) is 4.74 Å². The molecule has 29 heavy (non-hydrogen) atoms. The van der Waals surface area contributed by atoms with Crippen molar-refractivity contribution >= 4 is 11.8 Å². The smallest absolute Gasteiger partial charge is 0.243 e. The summed E-state index contributed by atoms with van der Waals surface area (Å²) in [5.74, 6) is 0.875. The molecular formula is C23H33N3O3. The van der Waals surface area contributed by atoms with E-state index < -0.39 is 0 Å². The molecule has 2 aliphatic carbocycles. The first kappa shape index (κ1) is 20.2. The van der Waals surface area contributed by atoms with Crippen molar-refractivity contribution < 1.29 is 14.3 Å². The molecule has 0 spiro atoms. The number of nitrogens with zero attached hydrogens (tertiary/aromatic N) is 2. The third-order valence-corrected chi connectivity index (χ3v) is 6.68. The number of rotatable bonds is 6. The van der Waals surface area contributed by atoms with Gasteiger partial charge in [-0.2, -0.15) is 0 Å². The van der Waals surface area contributed by atoms with Gasteiger partial charge in [-0.25, -0.2) is 4.98 Å². The van der Waals surface area contributed by atoms with Gasteiger partial charge in [-0.05, 0) is 57.4 Å². The van der Waals surface area contributed by atoms with Gasteiger partial charge < -0.3 is 15.0 Å². The fourth-order valence-electron chi connectivity index (χ4n) is 5.02. The summed E-state index contributed by atoms with van der Waals surface area (Å²) < 4.78 is 6.08. The molecule has 0 bridgehead atoms. The Bertz CT molecular complexity index is 711. The first-order valence-corrected chi connectivity index (χ1v) is 11.4. The minimum absolute atomic E-state index is 0.0534. The Morgan fingerprint density at radius 3 is 2.59 bits per heavy atom. The topological polar surface area (TPSA) is 71.5 Å². The fourth-order valence-corrected chi connectivity index (χ4v) is 5.02. The average molecular weight is 400 g/mol. The second-order valence-electron chi connectivity index (χ2n) is 8.73. The number of nitrogens with one attached hydrogen (secondary N) is 1. The van der Waals surface area contributed by atoms with Crippen molar-refractivity contribution in [2.45, 2.75) is 89.3 Å². The van der Waals surface area contributed by atoms with Gasteiger partial charge in [0.25, 0.3) is 0 Å². The number of amides is 2. The SMILES string of the molecule is O=C(NCc1cccnc1OC1CCCC1)C1CCCN1C(=O)C1CCCCC1. The Labute approximate surface area is 173 Å². The van der Waals surface area contributed by atoms with Crippen LogP contribution < -0.4 is 10.1 Å². The van der Waals surface area contributed by atoms with Crippen LogP contribution in [0, 0.1) is 5.92 Å². The summed E-state index contributed by atoms with van der Waals surface area (Å²) >= 11 is 0. The maximum atomic E-state index is 13.0. The Kier molecular flexibility index (Phi) is 6.67. The quantitative estimate of drug-likeness (QED) is 0.793. The van der Waals surface area contributed by atoms with Gasteiger partial charge in [-0.1, -0.05) is 25.3 Å². The number of pyridine rings is 1. The number of ether oxygens (including phenoxy) is 1. The highest BCUT2D eigenvalue weighted by Crippen LogP contribution is 2.29. The summed E-state index contributed by atoms with van der Waals surface area (Å²) in [6.07, 6.45) is 13.6. The highest BCUT2D eigenvalue weighted by atomic mass is 16.5. The van der Waals surface area contributed by atoms with Crippen LogP contribution in [0.4, 0.5) is 0 Å². The molecular weight excluding hydrogens is 366 g/mol. The number of carbonyl (C=O) groups excluding carboxylic acids is 2. The van der Waals surface area contributed by atoms with Crippen molar-refractivity contribution in [1.29, 1.82) is 0 Å². The van der Waals surface area contributed by atoms with Gasteiger partial charge in [0.15, 0.2) is 0 Å². The lowest BCUT2D eigenvalue weighted by Crippen LogP contribution is -2.48. The predicted octanol–water partition coefficient (Wildman–Crippen LogP) is 3.59. The lowest BCUT2D eigenvalue weighted by atomic mass is 9.88. The molecule has 3 aliphatic rings. The molecule has 3 fully saturated rings. The third kappa shape index (κ3) is 4.90. The first-order valence-electron chi connectivity index (χ1n) is 11.4. The van der Waals surface area contributed by atoms with Gasteiger partial charge in [-0.3, -0.25) is 9.59 Å². The zero-order chi connectivity index (χ0) is 20.1. The molecule has 1 aliphatic heterocycles. The molecule has 6 nitrogen and oxygen atoms in total. The zero-order valence-corrected chi connectivity index (χ0v) is 17.3. The Balaban J connectivity index is 1.35. The molecule has 2 heterocycles. The first-order chi connectivity index (χ1) is 14.2. The lowest BCUT2D eigenvalue weighted by Gasteiger charge is -2.30. The summed E-state index contributed by atoms with van der Waals surface area (Å²) in [5, 5.41) is 3.04. The molecule has 2 saturated carbocycles. The van der Waals surface area contributed by atoms with E-state index in [1.54, 1.807) is 6.20 Å². The normalized spacial score (nSPS) is 23.3. The van der Waals surface area contributed by atoms with Gasteiger partial charge in [0.05, 0.1) is 0 Å². The van der Waals surface area contributed by atoms with E-state index in [2.05, 4.69) is 10.3 Å². The van der Waals surface area contributed by atoms with Crippen molar-refractivity contribution in [3.8, 4) is 5.88 Å². The Morgan fingerprint density at radius 2 is 1.79 bits per heavy atom. The van der Waals surface area contributed by atoms with Crippen molar-refractivity contribution in [3.63, 3.8) is 0 Å². The van der Waals surface area contributed by atoms with Crippen molar-refractivity contribution in [2.75, 3.05) is 6.54 Å². The molecule has 2 amide bonds. The maximum absolute atomic E-state index is 13.0. The van der Waals surface area contributed by atoms with Gasteiger partial charge in [-0.15, -0.1) is 0 Å². The van der Waals surface area contributed by atoms with E-state index in [1.807, 2.05) is 17.0 Å². The minimum atomic E-state index is -0.333. The van der Waals surface area contributed by atoms with Gasteiger partial charge in [0.1, 0.15) is 12.1 Å². The second-order valence-corrected chi connectivity index (χ2v) is 8.73. The second kappa shape index (κ2) is 9.59. The summed E-state index contributed by atoms with van der Waals surface area (Å²) in [7, 11) is 0. The monoisotopic (exact) mass is 399 g/mol. The van der Waals surface area contributed by atoms with E-state index >= 15 is 0 Å². The fraction of sp³-hybridized carbons (Fsp3) is 0.696. The summed E-state index contributed by atoms with van der Waals surface area (Å²) in [6, 6.07) is 3.49. The van der Waals surface area contributed by atoms with Crippen molar-refractivity contribution in [1.82, 2.24) is 15.2 Å². The molecule has 1 aromatic rings. The Morgan fingerprint density at radius 1 is 1.03 bits per heavy atom. The molecule has 1 atom stereocenters. The summed E-state index contributed by atoms with van der Waals surface area (Å²) in [4.78, 5) is 32.1. The van der Waals surface area contributed by atoms with Crippen LogP contribution in [-0.2, 0) is 16.1 Å². The summed E-state index contributed by atoms with van der Waals surface area (Å²) in [6.45, 7) is 1.09. The molecule has 6 heteroatoms. The lowest BCUT2D eigenvalue weighted by molar-refractivity contribution is -0.142. The molecule has 158 valence electrons. The standard InChI is InChI=1S/C23H33N3O3/c27-21(20-13-7-15-26(20)23(28)17-8-2-1-3-9-17)25-16-18-10-6-14-24-22(18)29-19-11-4-5-12-19/h6,10,14,17,19-20H,1-5,7-9,11-13,15-16H2,(H,25,27). The van der Waals surface area contributed by atoms with Crippen molar-refractivity contribution in [2.24, 2.45) is 5.92 Å². The molecule has 1 N–H and O–H groups in total. The maximum Gasteiger partial charge on any atom is 0.243 e. The molecule has 1 unspecified atom stereocenters. The van der Waals surface area contributed by atoms with Crippen LogP contribution in [0.3, 0.4) is 0 Å². The van der Waals surface area contributed by atoms with Crippen LogP contribution in [0.1, 0.15) is 76.2 Å². The van der Waals surface area contributed by atoms with E-state index in [0.29, 0.717) is 19.0 Å². The van der Waals surface area contributed by atoms with Crippen molar-refractivity contribution in [3.05, 3.63) is 23.9 Å². The molecule has 1 saturated heterocycles. The van der Waals surface area contributed by atoms with Crippen LogP contribution in [0.15, 0.2) is 18.3 Å². The predicted molar refractivity (Wildman–Crippen MR) is 110 cm³/mol. The number of carbonyl (C=O) groups is 2. The minimum Gasteiger partial charge on any atom is -0.474 e. The third-order valence-electron chi connectivity index (χ3n) is 6.68. The highest BCUT2D eigenvalue weighted by molar-refractivity contribution is 5.89. The average Bonchev–Trinajstić information content (AvgIpc) is 3.45. The van der Waals surface area contributed by atoms with Crippen LogP contribution in [0.5, 0.6) is 5.88 Å². The molecule has 4 rings (SSSR count). The van der Waals surface area contributed by atoms with Gasteiger partial charge >= 0.3 is 0 Å². The molecule has 1 aromatic heterocycles. The largest absolute Gasteiger partial charge is 0.474 e. The van der Waals surface area contributed by atoms with E-state index in [0.717, 1.165) is 56.9 Å². The van der Waals surface area contributed by atoms with Gasteiger partial charge in [0.2, 0.25) is 17.7 Å². The van der Waals surface area contributed by atoms with E-state index in [9.17, 15) is 9.59 Å². The summed E-state index contributed by atoms with van der Waals surface area (Å²) in [5.41, 5.74) is 0.899. The zero-order valence-electron chi connectivity index (χ0n) is 17.3. The Hall–Kier alpha value is -2.11. The number of hydrogen-bond acceptors (Lipinski definition) is 4. The molecule has 0 radical (unpaired) electrons. The van der Waals surface area contributed by atoms with Crippen LogP contribution >= 0.6 is 0 Å². The number of likely N-dealkylation sites (tertiary alicyclic amines) is 1. The number of aromatic nitrogens is 1. The number of hydrogen-bond donors (Lipinski definition) is 1. The van der Waals surface area contributed by atoms with Crippen LogP contribution in [0.25, 0.3) is 0 Å². The van der Waals surface area contributed by atoms with Crippen LogP contribution in [0.2, 0.25) is 0 Å². The molecule has 0 aromatic carbocycles. The van der Waals surface area contributed by atoms with E-state index in [1.165, 1.54) is 19.3 Å². The van der Waals surface area contributed by atoms with E-state index in [-0.39, 0.29) is 29.9 Å². The highest BCUT2D eigenvalue weighted by Gasteiger charge is 2.37. The van der Waals surface area contributed by atoms with Gasteiger partial charge in [0, 0.05) is 30.8 Å².